The fourth-order valence-electron chi connectivity index (χ4n) is 2.97. The Morgan fingerprint density at radius 2 is 2.09 bits per heavy atom. The van der Waals surface area contributed by atoms with Crippen molar-refractivity contribution in [2.75, 3.05) is 32.1 Å². The van der Waals surface area contributed by atoms with Gasteiger partial charge < -0.3 is 9.80 Å². The summed E-state index contributed by atoms with van der Waals surface area (Å²) in [5, 5.41) is 9.46. The average molecular weight is 318 g/mol. The fraction of sp³-hybridized carbons (Fsp3) is 0.562. The zero-order chi connectivity index (χ0) is 16.3. The van der Waals surface area contributed by atoms with Gasteiger partial charge in [0.25, 0.3) is 0 Å². The van der Waals surface area contributed by atoms with Gasteiger partial charge in [0.2, 0.25) is 5.69 Å². The zero-order valence-electron chi connectivity index (χ0n) is 13.2. The van der Waals surface area contributed by atoms with Gasteiger partial charge in [0.15, 0.2) is 0 Å². The summed E-state index contributed by atoms with van der Waals surface area (Å²) in [6.07, 6.45) is 2.67. The van der Waals surface area contributed by atoms with Gasteiger partial charge >= 0.3 is 0 Å². The summed E-state index contributed by atoms with van der Waals surface area (Å²) in [7, 11) is 4.19. The summed E-state index contributed by atoms with van der Waals surface area (Å²) >= 11 is 6.17. The largest absolute Gasteiger partial charge is 0.365 e. The molecule has 1 aromatic heterocycles. The van der Waals surface area contributed by atoms with E-state index in [2.05, 4.69) is 39.8 Å². The number of rotatable bonds is 3. The standard InChI is InChI=1S/C16H20ClN5/c1-5-12-13(10-18)15(17)20-16(14(12)19-2)22-8-6-11(7-9-22)21(3)4/h11H,5-9H2,1,3-4H3. The maximum Gasteiger partial charge on any atom is 0.232 e. The topological polar surface area (TPSA) is 47.5 Å². The Morgan fingerprint density at radius 1 is 1.45 bits per heavy atom. The molecular formula is C16H20ClN5. The van der Waals surface area contributed by atoms with Crippen molar-refractivity contribution in [1.29, 1.82) is 5.26 Å². The molecular weight excluding hydrogens is 298 g/mol. The van der Waals surface area contributed by atoms with E-state index in [0.717, 1.165) is 25.9 Å². The Bertz CT molecular complexity index is 633. The molecule has 1 aromatic rings. The molecule has 0 unspecified atom stereocenters. The highest BCUT2D eigenvalue weighted by Gasteiger charge is 2.26. The predicted octanol–water partition coefficient (Wildman–Crippen LogP) is 3.25. The van der Waals surface area contributed by atoms with Gasteiger partial charge in [0.1, 0.15) is 17.0 Å². The van der Waals surface area contributed by atoms with E-state index in [4.69, 9.17) is 18.2 Å². The number of nitrogens with zero attached hydrogens (tertiary/aromatic N) is 5. The van der Waals surface area contributed by atoms with Gasteiger partial charge in [-0.15, -0.1) is 0 Å². The lowest BCUT2D eigenvalue weighted by atomic mass is 10.0. The van der Waals surface area contributed by atoms with E-state index in [-0.39, 0.29) is 5.15 Å². The number of anilines is 1. The molecule has 0 amide bonds. The van der Waals surface area contributed by atoms with Gasteiger partial charge in [-0.2, -0.15) is 5.26 Å². The summed E-state index contributed by atoms with van der Waals surface area (Å²) in [5.74, 6) is 0.632. The third-order valence-electron chi connectivity index (χ3n) is 4.28. The van der Waals surface area contributed by atoms with Crippen molar-refractivity contribution in [1.82, 2.24) is 9.88 Å². The predicted molar refractivity (Wildman–Crippen MR) is 88.5 cm³/mol. The van der Waals surface area contributed by atoms with Crippen LogP contribution in [0.3, 0.4) is 0 Å². The van der Waals surface area contributed by atoms with Crippen molar-refractivity contribution in [2.24, 2.45) is 0 Å². The third-order valence-corrected chi connectivity index (χ3v) is 4.55. The summed E-state index contributed by atoms with van der Waals surface area (Å²) in [6, 6.07) is 2.64. The minimum atomic E-state index is 0.205. The maximum absolute atomic E-state index is 9.25. The molecule has 22 heavy (non-hydrogen) atoms. The van der Waals surface area contributed by atoms with E-state index in [1.54, 1.807) is 0 Å². The van der Waals surface area contributed by atoms with Crippen molar-refractivity contribution in [2.45, 2.75) is 32.2 Å². The van der Waals surface area contributed by atoms with Gasteiger partial charge in [-0.1, -0.05) is 18.5 Å². The first kappa shape index (κ1) is 16.5. The lowest BCUT2D eigenvalue weighted by molar-refractivity contribution is 0.249. The van der Waals surface area contributed by atoms with Crippen LogP contribution in [0.4, 0.5) is 11.5 Å². The van der Waals surface area contributed by atoms with Crippen LogP contribution in [0, 0.1) is 17.9 Å². The molecule has 0 saturated carbocycles. The highest BCUT2D eigenvalue weighted by atomic mass is 35.5. The maximum atomic E-state index is 9.25. The molecule has 116 valence electrons. The van der Waals surface area contributed by atoms with Gasteiger partial charge in [0.05, 0.1) is 12.1 Å². The minimum Gasteiger partial charge on any atom is -0.365 e. The van der Waals surface area contributed by atoms with E-state index in [1.165, 1.54) is 0 Å². The molecule has 1 fully saturated rings. The third kappa shape index (κ3) is 3.02. The van der Waals surface area contributed by atoms with Crippen LogP contribution in [0.25, 0.3) is 4.85 Å². The van der Waals surface area contributed by atoms with Gasteiger partial charge in [-0.3, -0.25) is 0 Å². The number of nitriles is 1. The molecule has 1 saturated heterocycles. The number of piperidine rings is 1. The van der Waals surface area contributed by atoms with Gasteiger partial charge in [-0.25, -0.2) is 9.83 Å². The molecule has 1 aliphatic heterocycles. The molecule has 0 aromatic carbocycles. The van der Waals surface area contributed by atoms with E-state index >= 15 is 0 Å². The monoisotopic (exact) mass is 317 g/mol. The molecule has 0 aliphatic carbocycles. The molecule has 0 radical (unpaired) electrons. The minimum absolute atomic E-state index is 0.205. The molecule has 1 aliphatic rings. The molecule has 2 heterocycles. The Hall–Kier alpha value is -1.82. The van der Waals surface area contributed by atoms with Gasteiger partial charge in [0, 0.05) is 19.1 Å². The van der Waals surface area contributed by atoms with Crippen LogP contribution in [0.5, 0.6) is 0 Å². The molecule has 2 rings (SSSR count). The Morgan fingerprint density at radius 3 is 2.55 bits per heavy atom. The molecule has 0 atom stereocenters. The lowest BCUT2D eigenvalue weighted by Crippen LogP contribution is -2.42. The molecule has 0 bridgehead atoms. The lowest BCUT2D eigenvalue weighted by Gasteiger charge is -2.36. The van der Waals surface area contributed by atoms with Crippen molar-refractivity contribution in [3.8, 4) is 6.07 Å². The average Bonchev–Trinajstić information content (AvgIpc) is 2.53. The Kier molecular flexibility index (Phi) is 5.24. The zero-order valence-corrected chi connectivity index (χ0v) is 14.0. The highest BCUT2D eigenvalue weighted by molar-refractivity contribution is 6.31. The Balaban J connectivity index is 2.39. The molecule has 6 heteroatoms. The van der Waals surface area contributed by atoms with Crippen LogP contribution in [-0.4, -0.2) is 43.1 Å². The van der Waals surface area contributed by atoms with Crippen LogP contribution in [-0.2, 0) is 6.42 Å². The number of aromatic nitrogens is 1. The normalized spacial score (nSPS) is 15.7. The highest BCUT2D eigenvalue weighted by Crippen LogP contribution is 2.37. The Labute approximate surface area is 136 Å². The first-order valence-corrected chi connectivity index (χ1v) is 7.82. The number of hydrogen-bond donors (Lipinski definition) is 0. The van der Waals surface area contributed by atoms with Crippen molar-refractivity contribution >= 4 is 23.1 Å². The quantitative estimate of drug-likeness (QED) is 0.634. The summed E-state index contributed by atoms with van der Waals surface area (Å²) < 4.78 is 0. The van der Waals surface area contributed by atoms with Crippen molar-refractivity contribution in [3.05, 3.63) is 27.7 Å². The van der Waals surface area contributed by atoms with Crippen LogP contribution >= 0.6 is 11.6 Å². The van der Waals surface area contributed by atoms with Crippen LogP contribution < -0.4 is 4.90 Å². The molecule has 5 nitrogen and oxygen atoms in total. The van der Waals surface area contributed by atoms with E-state index in [0.29, 0.717) is 35.1 Å². The first-order valence-electron chi connectivity index (χ1n) is 7.44. The van der Waals surface area contributed by atoms with Crippen LogP contribution in [0.2, 0.25) is 5.15 Å². The second-order valence-electron chi connectivity index (χ2n) is 5.69. The van der Waals surface area contributed by atoms with Crippen molar-refractivity contribution < 1.29 is 0 Å². The van der Waals surface area contributed by atoms with Crippen LogP contribution in [0.15, 0.2) is 0 Å². The smallest absolute Gasteiger partial charge is 0.232 e. The SMILES string of the molecule is [C-]#[N+]c1c(N2CCC(N(C)C)CC2)nc(Cl)c(C#N)c1CC. The second kappa shape index (κ2) is 6.96. The molecule has 0 spiro atoms. The van der Waals surface area contributed by atoms with E-state index < -0.39 is 0 Å². The van der Waals surface area contributed by atoms with Gasteiger partial charge in [-0.05, 0) is 38.9 Å². The second-order valence-corrected chi connectivity index (χ2v) is 6.05. The van der Waals surface area contributed by atoms with Crippen molar-refractivity contribution in [3.63, 3.8) is 0 Å². The van der Waals surface area contributed by atoms with Crippen LogP contribution in [0.1, 0.15) is 30.9 Å². The summed E-state index contributed by atoms with van der Waals surface area (Å²) in [5.41, 5.74) is 1.52. The molecule has 0 N–H and O–H groups in total. The fourth-order valence-corrected chi connectivity index (χ4v) is 3.21. The number of pyridine rings is 1. The number of halogens is 1. The van der Waals surface area contributed by atoms with E-state index in [9.17, 15) is 5.26 Å². The summed E-state index contributed by atoms with van der Waals surface area (Å²) in [4.78, 5) is 12.4. The first-order chi connectivity index (χ1) is 10.5. The van der Waals surface area contributed by atoms with E-state index in [1.807, 2.05) is 6.92 Å². The number of hydrogen-bond acceptors (Lipinski definition) is 4. The summed E-state index contributed by atoms with van der Waals surface area (Å²) in [6.45, 7) is 11.1.